The number of aromatic nitrogens is 2. The van der Waals surface area contributed by atoms with Crippen LogP contribution in [-0.2, 0) is 4.79 Å². The smallest absolute Gasteiger partial charge is 0.244 e. The maximum absolute atomic E-state index is 12.1. The summed E-state index contributed by atoms with van der Waals surface area (Å²) in [5.74, 6) is 0.230. The molecule has 0 spiro atoms. The Morgan fingerprint density at radius 1 is 1.29 bits per heavy atom. The third-order valence-corrected chi connectivity index (χ3v) is 3.36. The maximum Gasteiger partial charge on any atom is 0.244 e. The second-order valence-corrected chi connectivity index (χ2v) is 5.31. The van der Waals surface area contributed by atoms with E-state index in [1.54, 1.807) is 42.4 Å². The van der Waals surface area contributed by atoms with Crippen LogP contribution in [0.1, 0.15) is 5.69 Å². The normalized spacial score (nSPS) is 10.3. The number of nitrogens with zero attached hydrogens (tertiary/aromatic N) is 3. The first-order valence-corrected chi connectivity index (χ1v) is 6.97. The Labute approximate surface area is 132 Å². The van der Waals surface area contributed by atoms with Gasteiger partial charge in [0.15, 0.2) is 0 Å². The summed E-state index contributed by atoms with van der Waals surface area (Å²) in [4.78, 5) is 22.1. The predicted octanol–water partition coefficient (Wildman–Crippen LogP) is 3.17. The summed E-state index contributed by atoms with van der Waals surface area (Å²) in [5.41, 5.74) is 1.24. The highest BCUT2D eigenvalue weighted by atomic mass is 35.5. The fraction of sp³-hybridized carbons (Fsp3) is 0.214. The Morgan fingerprint density at radius 3 is 2.57 bits per heavy atom. The van der Waals surface area contributed by atoms with E-state index in [1.165, 1.54) is 0 Å². The zero-order valence-corrected chi connectivity index (χ0v) is 13.1. The summed E-state index contributed by atoms with van der Waals surface area (Å²) in [7, 11) is 1.74. The highest BCUT2D eigenvalue weighted by Gasteiger charge is 2.13. The van der Waals surface area contributed by atoms with Gasteiger partial charge < -0.3 is 10.2 Å². The van der Waals surface area contributed by atoms with Gasteiger partial charge in [-0.25, -0.2) is 9.97 Å². The molecule has 0 saturated heterocycles. The Morgan fingerprint density at radius 2 is 1.95 bits per heavy atom. The summed E-state index contributed by atoms with van der Waals surface area (Å²) >= 11 is 12.0. The summed E-state index contributed by atoms with van der Waals surface area (Å²) in [6, 6.07) is 6.83. The van der Waals surface area contributed by atoms with Crippen molar-refractivity contribution in [1.29, 1.82) is 0 Å². The molecule has 0 aliphatic rings. The molecule has 1 heterocycles. The number of aryl methyl sites for hydroxylation is 1. The van der Waals surface area contributed by atoms with Gasteiger partial charge in [0.05, 0.1) is 22.3 Å². The van der Waals surface area contributed by atoms with E-state index in [9.17, 15) is 4.79 Å². The average molecular weight is 325 g/mol. The van der Waals surface area contributed by atoms with Crippen LogP contribution in [0, 0.1) is 6.92 Å². The second kappa shape index (κ2) is 6.74. The molecule has 2 rings (SSSR count). The summed E-state index contributed by atoms with van der Waals surface area (Å²) in [5, 5.41) is 3.48. The Balaban J connectivity index is 2.05. The Bertz CT molecular complexity index is 643. The van der Waals surface area contributed by atoms with Gasteiger partial charge in [-0.05, 0) is 25.1 Å². The monoisotopic (exact) mass is 324 g/mol. The molecule has 0 atom stereocenters. The molecule has 5 nitrogen and oxygen atoms in total. The summed E-state index contributed by atoms with van der Waals surface area (Å²) in [6.45, 7) is 1.95. The van der Waals surface area contributed by atoms with Crippen molar-refractivity contribution in [1.82, 2.24) is 9.97 Å². The molecule has 1 aromatic heterocycles. The highest BCUT2D eigenvalue weighted by molar-refractivity contribution is 6.39. The van der Waals surface area contributed by atoms with Crippen LogP contribution in [0.5, 0.6) is 0 Å². The molecule has 0 fully saturated rings. The summed E-state index contributed by atoms with van der Waals surface area (Å²) < 4.78 is 0. The lowest BCUT2D eigenvalue weighted by molar-refractivity contribution is -0.114. The van der Waals surface area contributed by atoms with Gasteiger partial charge in [0.2, 0.25) is 11.9 Å². The van der Waals surface area contributed by atoms with Crippen molar-refractivity contribution in [2.45, 2.75) is 6.92 Å². The zero-order valence-electron chi connectivity index (χ0n) is 11.6. The first kappa shape index (κ1) is 15.5. The fourth-order valence-corrected chi connectivity index (χ4v) is 2.19. The van der Waals surface area contributed by atoms with E-state index in [-0.39, 0.29) is 12.5 Å². The minimum absolute atomic E-state index is 0.0883. The Kier molecular flexibility index (Phi) is 4.98. The van der Waals surface area contributed by atoms with Crippen LogP contribution in [0.4, 0.5) is 11.6 Å². The van der Waals surface area contributed by atoms with E-state index in [2.05, 4.69) is 15.3 Å². The third-order valence-electron chi connectivity index (χ3n) is 2.73. The molecule has 0 aliphatic carbocycles. The number of hydrogen-bond donors (Lipinski definition) is 1. The van der Waals surface area contributed by atoms with Crippen LogP contribution in [0.2, 0.25) is 10.0 Å². The molecule has 2 aromatic rings. The number of halogens is 2. The van der Waals surface area contributed by atoms with Gasteiger partial charge in [-0.15, -0.1) is 0 Å². The van der Waals surface area contributed by atoms with Crippen LogP contribution in [0.15, 0.2) is 30.5 Å². The number of hydrogen-bond acceptors (Lipinski definition) is 4. The number of carbonyl (C=O) groups is 1. The largest absolute Gasteiger partial charge is 0.335 e. The van der Waals surface area contributed by atoms with Crippen LogP contribution in [0.25, 0.3) is 0 Å². The highest BCUT2D eigenvalue weighted by Crippen LogP contribution is 2.29. The van der Waals surface area contributed by atoms with E-state index in [0.717, 1.165) is 5.69 Å². The molecule has 0 radical (unpaired) electrons. The molecule has 1 aromatic carbocycles. The van der Waals surface area contributed by atoms with Crippen molar-refractivity contribution >= 4 is 40.7 Å². The first-order valence-electron chi connectivity index (χ1n) is 6.22. The predicted molar refractivity (Wildman–Crippen MR) is 85.1 cm³/mol. The van der Waals surface area contributed by atoms with Crippen LogP contribution >= 0.6 is 23.2 Å². The standard InChI is InChI=1S/C14H14Cl2N4O/c1-9-6-7-17-14(18-9)20(2)8-12(21)19-13-10(15)4-3-5-11(13)16/h3-7H,8H2,1-2H3,(H,19,21). The minimum atomic E-state index is -0.252. The van der Waals surface area contributed by atoms with Gasteiger partial charge in [-0.1, -0.05) is 29.3 Å². The van der Waals surface area contributed by atoms with Gasteiger partial charge in [0.25, 0.3) is 0 Å². The van der Waals surface area contributed by atoms with E-state index < -0.39 is 0 Å². The molecule has 21 heavy (non-hydrogen) atoms. The van der Waals surface area contributed by atoms with Crippen molar-refractivity contribution in [3.8, 4) is 0 Å². The molecule has 0 saturated carbocycles. The first-order chi connectivity index (χ1) is 9.97. The lowest BCUT2D eigenvalue weighted by atomic mass is 10.3. The molecule has 0 bridgehead atoms. The SMILES string of the molecule is Cc1ccnc(N(C)CC(=O)Nc2c(Cl)cccc2Cl)n1. The van der Waals surface area contributed by atoms with Crippen molar-refractivity contribution in [3.05, 3.63) is 46.2 Å². The van der Waals surface area contributed by atoms with Gasteiger partial charge in [-0.3, -0.25) is 4.79 Å². The number of amides is 1. The van der Waals surface area contributed by atoms with Crippen molar-refractivity contribution < 1.29 is 4.79 Å². The average Bonchev–Trinajstić information content (AvgIpc) is 2.43. The quantitative estimate of drug-likeness (QED) is 0.938. The number of benzene rings is 1. The lowest BCUT2D eigenvalue weighted by Gasteiger charge is -2.17. The van der Waals surface area contributed by atoms with Crippen molar-refractivity contribution in [2.24, 2.45) is 0 Å². The second-order valence-electron chi connectivity index (χ2n) is 4.50. The molecule has 110 valence electrons. The molecule has 1 amide bonds. The van der Waals surface area contributed by atoms with Gasteiger partial charge in [0, 0.05) is 18.9 Å². The van der Waals surface area contributed by atoms with Gasteiger partial charge in [0.1, 0.15) is 0 Å². The number of anilines is 2. The number of rotatable bonds is 4. The van der Waals surface area contributed by atoms with Crippen molar-refractivity contribution in [3.63, 3.8) is 0 Å². The van der Waals surface area contributed by atoms with E-state index >= 15 is 0 Å². The molecular weight excluding hydrogens is 311 g/mol. The van der Waals surface area contributed by atoms with Crippen molar-refractivity contribution in [2.75, 3.05) is 23.8 Å². The number of likely N-dealkylation sites (N-methyl/N-ethyl adjacent to an activating group) is 1. The van der Waals surface area contributed by atoms with Crippen LogP contribution in [-0.4, -0.2) is 29.5 Å². The minimum Gasteiger partial charge on any atom is -0.335 e. The zero-order chi connectivity index (χ0) is 15.4. The number of carbonyl (C=O) groups excluding carboxylic acids is 1. The molecule has 0 unspecified atom stereocenters. The van der Waals surface area contributed by atoms with Gasteiger partial charge >= 0.3 is 0 Å². The van der Waals surface area contributed by atoms with E-state index in [4.69, 9.17) is 23.2 Å². The third kappa shape index (κ3) is 4.06. The summed E-state index contributed by atoms with van der Waals surface area (Å²) in [6.07, 6.45) is 1.65. The number of nitrogens with one attached hydrogen (secondary N) is 1. The van der Waals surface area contributed by atoms with E-state index in [1.807, 2.05) is 6.92 Å². The topological polar surface area (TPSA) is 58.1 Å². The van der Waals surface area contributed by atoms with Crippen LogP contribution < -0.4 is 10.2 Å². The molecule has 1 N–H and O–H groups in total. The molecule has 7 heteroatoms. The van der Waals surface area contributed by atoms with Gasteiger partial charge in [-0.2, -0.15) is 0 Å². The lowest BCUT2D eigenvalue weighted by Crippen LogP contribution is -2.31. The number of para-hydroxylation sites is 1. The fourth-order valence-electron chi connectivity index (χ4n) is 1.70. The molecular formula is C14H14Cl2N4O. The maximum atomic E-state index is 12.1. The van der Waals surface area contributed by atoms with Crippen LogP contribution in [0.3, 0.4) is 0 Å². The Hall–Kier alpha value is -1.85. The molecule has 0 aliphatic heterocycles. The van der Waals surface area contributed by atoms with E-state index in [0.29, 0.717) is 21.7 Å².